The number of nitrogens with zero attached hydrogens (tertiary/aromatic N) is 3. The van der Waals surface area contributed by atoms with E-state index in [4.69, 9.17) is 14.7 Å². The number of hydroxylamine groups is 1. The third-order valence-corrected chi connectivity index (χ3v) is 4.96. The molecule has 0 spiro atoms. The fraction of sp³-hybridized carbons (Fsp3) is 0.600. The van der Waals surface area contributed by atoms with Crippen LogP contribution in [0.2, 0.25) is 0 Å². The van der Waals surface area contributed by atoms with Crippen LogP contribution in [0.5, 0.6) is 0 Å². The summed E-state index contributed by atoms with van der Waals surface area (Å²) in [6.45, 7) is 5.81. The molecule has 3 heterocycles. The van der Waals surface area contributed by atoms with Gasteiger partial charge in [-0.05, 0) is 44.4 Å². The topological polar surface area (TPSA) is 87.2 Å². The number of rotatable bonds is 6. The lowest BCUT2D eigenvalue weighted by atomic mass is 10.1. The van der Waals surface area contributed by atoms with Gasteiger partial charge in [-0.3, -0.25) is 10.3 Å². The number of aliphatic hydroxyl groups excluding tert-OH is 1. The number of pyridine rings is 1. The molecule has 0 atom stereocenters. The highest BCUT2D eigenvalue weighted by Gasteiger charge is 2.25. The predicted molar refractivity (Wildman–Crippen MR) is 105 cm³/mol. The second-order valence-corrected chi connectivity index (χ2v) is 7.57. The van der Waals surface area contributed by atoms with Crippen molar-refractivity contribution in [3.05, 3.63) is 35.4 Å². The maximum Gasteiger partial charge on any atom is 0.410 e. The molecule has 2 aliphatic heterocycles. The fourth-order valence-electron chi connectivity index (χ4n) is 3.34. The number of amides is 1. The molecule has 2 N–H and O–H groups in total. The number of hydrogen-bond acceptors (Lipinski definition) is 7. The Labute approximate surface area is 170 Å². The summed E-state index contributed by atoms with van der Waals surface area (Å²) >= 11 is 0. The van der Waals surface area contributed by atoms with E-state index in [1.807, 2.05) is 24.8 Å². The van der Waals surface area contributed by atoms with E-state index in [9.17, 15) is 9.18 Å². The highest BCUT2D eigenvalue weighted by Crippen LogP contribution is 2.21. The van der Waals surface area contributed by atoms with Crippen LogP contribution in [0.15, 0.2) is 24.0 Å². The Kier molecular flexibility index (Phi) is 7.27. The summed E-state index contributed by atoms with van der Waals surface area (Å²) in [7, 11) is 0. The van der Waals surface area contributed by atoms with E-state index in [2.05, 4.69) is 10.5 Å². The van der Waals surface area contributed by atoms with Crippen molar-refractivity contribution in [2.24, 2.45) is 0 Å². The van der Waals surface area contributed by atoms with Crippen molar-refractivity contribution in [1.82, 2.24) is 15.4 Å². The summed E-state index contributed by atoms with van der Waals surface area (Å²) < 4.78 is 19.4. The number of carbonyl (C=O) groups excluding carboxylic acids is 1. The molecule has 2 aliphatic rings. The lowest BCUT2D eigenvalue weighted by Crippen LogP contribution is -2.43. The number of nitrogens with one attached hydrogen (secondary N) is 1. The summed E-state index contributed by atoms with van der Waals surface area (Å²) in [4.78, 5) is 25.4. The largest absolute Gasteiger partial charge is 0.447 e. The third kappa shape index (κ3) is 5.80. The van der Waals surface area contributed by atoms with Crippen LogP contribution in [0, 0.1) is 5.82 Å². The molecular formula is C20H29FN4O4. The summed E-state index contributed by atoms with van der Waals surface area (Å²) in [6, 6.07) is 1.31. The van der Waals surface area contributed by atoms with Crippen LogP contribution in [-0.4, -0.2) is 59.5 Å². The summed E-state index contributed by atoms with van der Waals surface area (Å²) in [5.41, 5.74) is 4.44. The monoisotopic (exact) mass is 408 g/mol. The van der Waals surface area contributed by atoms with E-state index >= 15 is 0 Å². The third-order valence-electron chi connectivity index (χ3n) is 4.96. The number of ether oxygens (including phenoxy) is 1. The maximum absolute atomic E-state index is 14.2. The average Bonchev–Trinajstić information content (AvgIpc) is 2.72. The Balaban J connectivity index is 1.42. The van der Waals surface area contributed by atoms with Crippen molar-refractivity contribution >= 4 is 11.9 Å². The molecule has 160 valence electrons. The first kappa shape index (κ1) is 21.3. The Morgan fingerprint density at radius 2 is 2.14 bits per heavy atom. The molecule has 8 nitrogen and oxygen atoms in total. The predicted octanol–water partition coefficient (Wildman–Crippen LogP) is 2.34. The van der Waals surface area contributed by atoms with Crippen LogP contribution < -0.4 is 10.4 Å². The molecule has 29 heavy (non-hydrogen) atoms. The van der Waals surface area contributed by atoms with Crippen molar-refractivity contribution in [2.75, 3.05) is 31.1 Å². The normalized spacial score (nSPS) is 18.0. The Hall–Kier alpha value is -2.39. The highest BCUT2D eigenvalue weighted by atomic mass is 19.1. The minimum Gasteiger partial charge on any atom is -0.447 e. The first-order valence-electron chi connectivity index (χ1n) is 10.0. The lowest BCUT2D eigenvalue weighted by Gasteiger charge is -2.32. The fourth-order valence-corrected chi connectivity index (χ4v) is 3.34. The van der Waals surface area contributed by atoms with E-state index < -0.39 is 5.82 Å². The zero-order chi connectivity index (χ0) is 20.8. The Morgan fingerprint density at radius 3 is 2.72 bits per heavy atom. The van der Waals surface area contributed by atoms with Gasteiger partial charge in [0.25, 0.3) is 0 Å². The van der Waals surface area contributed by atoms with Crippen molar-refractivity contribution in [1.29, 1.82) is 0 Å². The van der Waals surface area contributed by atoms with Gasteiger partial charge in [-0.2, -0.15) is 0 Å². The van der Waals surface area contributed by atoms with Crippen LogP contribution in [0.1, 0.15) is 38.7 Å². The summed E-state index contributed by atoms with van der Waals surface area (Å²) in [5.74, 6) is -0.139. The van der Waals surface area contributed by atoms with Crippen LogP contribution in [0.3, 0.4) is 0 Å². The van der Waals surface area contributed by atoms with Gasteiger partial charge < -0.3 is 19.6 Å². The Bertz CT molecular complexity index is 735. The lowest BCUT2D eigenvalue weighted by molar-refractivity contribution is -0.0416. The minimum absolute atomic E-state index is 0.0298. The van der Waals surface area contributed by atoms with Crippen molar-refractivity contribution in [2.45, 2.75) is 51.9 Å². The molecule has 0 radical (unpaired) electrons. The molecule has 0 saturated carbocycles. The van der Waals surface area contributed by atoms with Crippen molar-refractivity contribution in [3.8, 4) is 0 Å². The molecule has 1 amide bonds. The molecule has 9 heteroatoms. The number of carbonyl (C=O) groups is 1. The number of aliphatic hydroxyl groups is 1. The number of piperidine rings is 1. The smallest absolute Gasteiger partial charge is 0.410 e. The summed E-state index contributed by atoms with van der Waals surface area (Å²) in [6.07, 6.45) is 5.26. The van der Waals surface area contributed by atoms with Gasteiger partial charge in [0, 0.05) is 44.5 Å². The molecule has 1 saturated heterocycles. The number of likely N-dealkylation sites (tertiary alicyclic amines) is 1. The van der Waals surface area contributed by atoms with Crippen LogP contribution >= 0.6 is 0 Å². The molecule has 1 fully saturated rings. The number of anilines is 1. The molecular weight excluding hydrogens is 379 g/mol. The summed E-state index contributed by atoms with van der Waals surface area (Å²) in [5, 5.41) is 9.06. The zero-order valence-corrected chi connectivity index (χ0v) is 16.9. The molecule has 1 aromatic heterocycles. The first-order chi connectivity index (χ1) is 14.0. The molecule has 3 rings (SSSR count). The second kappa shape index (κ2) is 9.89. The van der Waals surface area contributed by atoms with E-state index in [0.717, 1.165) is 18.5 Å². The van der Waals surface area contributed by atoms with Crippen molar-refractivity contribution in [3.63, 3.8) is 0 Å². The minimum atomic E-state index is -0.430. The average molecular weight is 408 g/mol. The molecule has 0 aliphatic carbocycles. The van der Waals surface area contributed by atoms with Gasteiger partial charge in [0.15, 0.2) is 11.6 Å². The van der Waals surface area contributed by atoms with Crippen LogP contribution in [-0.2, 0) is 16.2 Å². The molecule has 0 unspecified atom stereocenters. The van der Waals surface area contributed by atoms with E-state index in [1.165, 1.54) is 12.3 Å². The van der Waals surface area contributed by atoms with Gasteiger partial charge in [-0.25, -0.2) is 14.2 Å². The van der Waals surface area contributed by atoms with Crippen molar-refractivity contribution < 1.29 is 23.9 Å². The van der Waals surface area contributed by atoms with E-state index in [1.54, 1.807) is 4.90 Å². The molecule has 0 bridgehead atoms. The van der Waals surface area contributed by atoms with Gasteiger partial charge in [0.05, 0.1) is 18.8 Å². The van der Waals surface area contributed by atoms with E-state index in [-0.39, 0.29) is 24.9 Å². The van der Waals surface area contributed by atoms with Crippen LogP contribution in [0.4, 0.5) is 15.0 Å². The van der Waals surface area contributed by atoms with Crippen LogP contribution in [0.25, 0.3) is 0 Å². The number of hydrogen-bond donors (Lipinski definition) is 2. The zero-order valence-electron chi connectivity index (χ0n) is 16.9. The second-order valence-electron chi connectivity index (χ2n) is 7.57. The Morgan fingerprint density at radius 1 is 1.38 bits per heavy atom. The van der Waals surface area contributed by atoms with Gasteiger partial charge in [-0.1, -0.05) is 0 Å². The van der Waals surface area contributed by atoms with Gasteiger partial charge in [0.1, 0.15) is 0 Å². The van der Waals surface area contributed by atoms with Gasteiger partial charge in [-0.15, -0.1) is 0 Å². The standard InChI is InChI=1S/C20H29FN4O4/c1-14(2)28-20(27)25-9-5-17(6-10-25)29-23-16-3-7-24(8-4-16)19-18(21)11-15(13-26)12-22-19/h3,11-12,14,17,23,26H,4-10,13H2,1-2H3. The first-order valence-corrected chi connectivity index (χ1v) is 10.0. The van der Waals surface area contributed by atoms with Gasteiger partial charge in [0.2, 0.25) is 0 Å². The molecule has 0 aromatic carbocycles. The number of halogens is 1. The number of aromatic nitrogens is 1. The highest BCUT2D eigenvalue weighted by molar-refractivity contribution is 5.67. The van der Waals surface area contributed by atoms with E-state index in [0.29, 0.717) is 44.0 Å². The maximum atomic E-state index is 14.2. The quantitative estimate of drug-likeness (QED) is 0.699. The molecule has 1 aromatic rings. The van der Waals surface area contributed by atoms with Gasteiger partial charge >= 0.3 is 6.09 Å². The SMILES string of the molecule is CC(C)OC(=O)N1CCC(ONC2=CCN(c3ncc(CO)cc3F)CC2)CC1.